The van der Waals surface area contributed by atoms with Gasteiger partial charge in [0.2, 0.25) is 5.91 Å². The summed E-state index contributed by atoms with van der Waals surface area (Å²) in [7, 11) is 0. The van der Waals surface area contributed by atoms with Crippen molar-refractivity contribution in [3.05, 3.63) is 30.1 Å². The Morgan fingerprint density at radius 2 is 1.83 bits per heavy atom. The molecule has 0 bridgehead atoms. The fourth-order valence-electron chi connectivity index (χ4n) is 3.82. The maximum absolute atomic E-state index is 12.5. The lowest BCUT2D eigenvalue weighted by Gasteiger charge is -2.31. The van der Waals surface area contributed by atoms with Crippen LogP contribution in [0.3, 0.4) is 0 Å². The van der Waals surface area contributed by atoms with Gasteiger partial charge in [0.1, 0.15) is 0 Å². The first-order valence-electron chi connectivity index (χ1n) is 9.24. The number of hydrogen-bond acceptors (Lipinski definition) is 3. The van der Waals surface area contributed by atoms with Gasteiger partial charge in [-0.15, -0.1) is 0 Å². The van der Waals surface area contributed by atoms with Crippen LogP contribution < -0.4 is 5.32 Å². The lowest BCUT2D eigenvalue weighted by atomic mass is 9.95. The van der Waals surface area contributed by atoms with Crippen LogP contribution in [0.5, 0.6) is 0 Å². The number of carbonyl (C=O) groups is 1. The first-order chi connectivity index (χ1) is 11.3. The highest BCUT2D eigenvalue weighted by molar-refractivity contribution is 5.79. The summed E-state index contributed by atoms with van der Waals surface area (Å²) < 4.78 is 0. The molecule has 0 radical (unpaired) electrons. The summed E-state index contributed by atoms with van der Waals surface area (Å²) >= 11 is 0. The molecule has 1 aromatic heterocycles. The smallest absolute Gasteiger partial charge is 0.223 e. The van der Waals surface area contributed by atoms with Gasteiger partial charge < -0.3 is 5.32 Å². The van der Waals surface area contributed by atoms with Gasteiger partial charge in [-0.1, -0.05) is 31.7 Å². The predicted octanol–water partition coefficient (Wildman–Crippen LogP) is 3.13. The number of amides is 1. The molecule has 1 aliphatic carbocycles. The molecule has 2 heterocycles. The summed E-state index contributed by atoms with van der Waals surface area (Å²) in [5.41, 5.74) is 1.12. The lowest BCUT2D eigenvalue weighted by molar-refractivity contribution is -0.127. The van der Waals surface area contributed by atoms with Crippen molar-refractivity contribution in [1.82, 2.24) is 15.2 Å². The van der Waals surface area contributed by atoms with Gasteiger partial charge in [-0.3, -0.25) is 14.7 Å². The Labute approximate surface area is 139 Å². The number of carbonyl (C=O) groups excluding carboxylic acids is 1. The van der Waals surface area contributed by atoms with Crippen LogP contribution in [0.25, 0.3) is 0 Å². The highest BCUT2D eigenvalue weighted by atomic mass is 16.1. The van der Waals surface area contributed by atoms with Crippen LogP contribution in [-0.2, 0) is 11.3 Å². The van der Waals surface area contributed by atoms with E-state index in [-0.39, 0.29) is 5.92 Å². The normalized spacial score (nSPS) is 21.7. The Morgan fingerprint density at radius 1 is 1.09 bits per heavy atom. The summed E-state index contributed by atoms with van der Waals surface area (Å²) in [5.74, 6) is 0.507. The Bertz CT molecular complexity index is 475. The molecule has 1 saturated heterocycles. The van der Waals surface area contributed by atoms with E-state index in [0.29, 0.717) is 11.9 Å². The molecule has 1 saturated carbocycles. The Hall–Kier alpha value is -1.42. The van der Waals surface area contributed by atoms with Crippen LogP contribution in [0.15, 0.2) is 24.4 Å². The van der Waals surface area contributed by atoms with E-state index >= 15 is 0 Å². The molecule has 2 fully saturated rings. The molecule has 0 atom stereocenters. The molecule has 1 N–H and O–H groups in total. The minimum absolute atomic E-state index is 0.207. The van der Waals surface area contributed by atoms with Crippen LogP contribution in [0, 0.1) is 5.92 Å². The largest absolute Gasteiger partial charge is 0.353 e. The number of nitrogens with one attached hydrogen (secondary N) is 1. The highest BCUT2D eigenvalue weighted by Gasteiger charge is 2.26. The first kappa shape index (κ1) is 16.4. The van der Waals surface area contributed by atoms with E-state index in [4.69, 9.17) is 0 Å². The van der Waals surface area contributed by atoms with Gasteiger partial charge in [0.05, 0.1) is 5.69 Å². The van der Waals surface area contributed by atoms with Crippen LogP contribution in [-0.4, -0.2) is 34.9 Å². The molecule has 4 heteroatoms. The van der Waals surface area contributed by atoms with E-state index in [2.05, 4.69) is 21.3 Å². The average Bonchev–Trinajstić information content (AvgIpc) is 2.85. The van der Waals surface area contributed by atoms with Crippen molar-refractivity contribution in [3.63, 3.8) is 0 Å². The van der Waals surface area contributed by atoms with Gasteiger partial charge in [0.15, 0.2) is 0 Å². The quantitative estimate of drug-likeness (QED) is 0.868. The van der Waals surface area contributed by atoms with Crippen LogP contribution >= 0.6 is 0 Å². The van der Waals surface area contributed by atoms with E-state index < -0.39 is 0 Å². The number of pyridine rings is 1. The summed E-state index contributed by atoms with van der Waals surface area (Å²) in [6.45, 7) is 2.90. The Kier molecular flexibility index (Phi) is 6.03. The number of hydrogen-bond donors (Lipinski definition) is 1. The zero-order chi connectivity index (χ0) is 15.9. The van der Waals surface area contributed by atoms with Gasteiger partial charge in [0, 0.05) is 24.7 Å². The van der Waals surface area contributed by atoms with Crippen molar-refractivity contribution >= 4 is 5.91 Å². The third-order valence-corrected chi connectivity index (χ3v) is 5.27. The SMILES string of the molecule is O=C(NC1CCCCCC1)C1CCN(Cc2ccccn2)CC1. The van der Waals surface area contributed by atoms with Crippen molar-refractivity contribution in [3.8, 4) is 0 Å². The van der Waals surface area contributed by atoms with Crippen molar-refractivity contribution < 1.29 is 4.79 Å². The Balaban J connectivity index is 1.42. The topological polar surface area (TPSA) is 45.2 Å². The van der Waals surface area contributed by atoms with Gasteiger partial charge in [0.25, 0.3) is 0 Å². The highest BCUT2D eigenvalue weighted by Crippen LogP contribution is 2.21. The third-order valence-electron chi connectivity index (χ3n) is 5.27. The lowest BCUT2D eigenvalue weighted by Crippen LogP contribution is -2.43. The van der Waals surface area contributed by atoms with Crippen LogP contribution in [0.4, 0.5) is 0 Å². The average molecular weight is 315 g/mol. The molecule has 4 nitrogen and oxygen atoms in total. The number of aromatic nitrogens is 1. The van der Waals surface area contributed by atoms with Gasteiger partial charge in [-0.25, -0.2) is 0 Å². The number of rotatable bonds is 4. The fourth-order valence-corrected chi connectivity index (χ4v) is 3.82. The fraction of sp³-hybridized carbons (Fsp3) is 0.684. The zero-order valence-electron chi connectivity index (χ0n) is 14.0. The summed E-state index contributed by atoms with van der Waals surface area (Å²) in [6.07, 6.45) is 11.4. The predicted molar refractivity (Wildman–Crippen MR) is 91.9 cm³/mol. The molecule has 0 spiro atoms. The Morgan fingerprint density at radius 3 is 2.48 bits per heavy atom. The molecule has 1 amide bonds. The van der Waals surface area contributed by atoms with Gasteiger partial charge in [-0.2, -0.15) is 0 Å². The van der Waals surface area contributed by atoms with Crippen molar-refractivity contribution in [2.75, 3.05) is 13.1 Å². The molecule has 0 unspecified atom stereocenters. The maximum Gasteiger partial charge on any atom is 0.223 e. The monoisotopic (exact) mass is 315 g/mol. The number of piperidine rings is 1. The molecule has 0 aromatic carbocycles. The standard InChI is InChI=1S/C19H29N3O/c23-19(21-17-7-3-1-2-4-8-17)16-10-13-22(14-11-16)15-18-9-5-6-12-20-18/h5-6,9,12,16-17H,1-4,7-8,10-11,13-15H2,(H,21,23). The second-order valence-electron chi connectivity index (χ2n) is 7.07. The van der Waals surface area contributed by atoms with E-state index in [1.54, 1.807) is 0 Å². The number of likely N-dealkylation sites (tertiary alicyclic amines) is 1. The summed E-state index contributed by atoms with van der Waals surface area (Å²) in [6, 6.07) is 6.49. The van der Waals surface area contributed by atoms with E-state index in [1.165, 1.54) is 38.5 Å². The van der Waals surface area contributed by atoms with E-state index in [9.17, 15) is 4.79 Å². The van der Waals surface area contributed by atoms with Crippen LogP contribution in [0.2, 0.25) is 0 Å². The minimum atomic E-state index is 0.207. The van der Waals surface area contributed by atoms with Gasteiger partial charge in [-0.05, 0) is 50.9 Å². The maximum atomic E-state index is 12.5. The van der Waals surface area contributed by atoms with Crippen molar-refractivity contribution in [1.29, 1.82) is 0 Å². The number of nitrogens with zero attached hydrogens (tertiary/aromatic N) is 2. The van der Waals surface area contributed by atoms with Crippen LogP contribution in [0.1, 0.15) is 57.1 Å². The second-order valence-corrected chi connectivity index (χ2v) is 7.07. The minimum Gasteiger partial charge on any atom is -0.353 e. The molecule has 2 aliphatic rings. The summed E-state index contributed by atoms with van der Waals surface area (Å²) in [5, 5.41) is 3.32. The molecular weight excluding hydrogens is 286 g/mol. The molecule has 1 aromatic rings. The molecular formula is C19H29N3O. The third kappa shape index (κ3) is 5.03. The summed E-state index contributed by atoms with van der Waals surface area (Å²) in [4.78, 5) is 19.3. The molecule has 1 aliphatic heterocycles. The molecule has 126 valence electrons. The molecule has 23 heavy (non-hydrogen) atoms. The van der Waals surface area contributed by atoms with Crippen molar-refractivity contribution in [2.45, 2.75) is 64.0 Å². The van der Waals surface area contributed by atoms with E-state index in [1.807, 2.05) is 18.3 Å². The molecule has 3 rings (SSSR count). The second kappa shape index (κ2) is 8.44. The van der Waals surface area contributed by atoms with E-state index in [0.717, 1.165) is 38.2 Å². The van der Waals surface area contributed by atoms with Crippen molar-refractivity contribution in [2.24, 2.45) is 5.92 Å². The first-order valence-corrected chi connectivity index (χ1v) is 9.24. The zero-order valence-corrected chi connectivity index (χ0v) is 14.0. The van der Waals surface area contributed by atoms with Gasteiger partial charge >= 0.3 is 0 Å².